The Labute approximate surface area is 182 Å². The van der Waals surface area contributed by atoms with E-state index in [0.717, 1.165) is 25.3 Å². The van der Waals surface area contributed by atoms with Gasteiger partial charge in [-0.05, 0) is 50.5 Å². The van der Waals surface area contributed by atoms with Gasteiger partial charge in [0.1, 0.15) is 17.0 Å². The number of likely N-dealkylation sites (tertiary alicyclic amines) is 1. The van der Waals surface area contributed by atoms with Gasteiger partial charge in [0.15, 0.2) is 11.5 Å². The number of ether oxygens (including phenoxy) is 1. The van der Waals surface area contributed by atoms with Crippen molar-refractivity contribution in [3.63, 3.8) is 0 Å². The summed E-state index contributed by atoms with van der Waals surface area (Å²) in [6, 6.07) is 4.69. The van der Waals surface area contributed by atoms with Crippen LogP contribution in [0.25, 0.3) is 22.4 Å². The Morgan fingerprint density at radius 2 is 1.88 bits per heavy atom. The van der Waals surface area contributed by atoms with Gasteiger partial charge >= 0.3 is 6.18 Å². The maximum atomic E-state index is 13.2. The molecule has 10 heteroatoms. The number of amides is 1. The SMILES string of the molecule is COc1ccc(-c2nc(C(=O)N3CCCCC3)c([C@H](C)N)o2)c2ccc(C(F)(F)F)nc12. The molecule has 1 saturated heterocycles. The van der Waals surface area contributed by atoms with E-state index >= 15 is 0 Å². The van der Waals surface area contributed by atoms with Crippen LogP contribution >= 0.6 is 0 Å². The molecule has 1 amide bonds. The molecule has 1 aliphatic heterocycles. The molecule has 3 aromatic rings. The second-order valence-electron chi connectivity index (χ2n) is 7.78. The largest absolute Gasteiger partial charge is 0.494 e. The average Bonchev–Trinajstić information content (AvgIpc) is 3.23. The topological polar surface area (TPSA) is 94.5 Å². The minimum atomic E-state index is -4.60. The first-order valence-corrected chi connectivity index (χ1v) is 10.3. The predicted octanol–water partition coefficient (Wildman–Crippen LogP) is 4.56. The molecule has 0 bridgehead atoms. The van der Waals surface area contributed by atoms with Gasteiger partial charge < -0.3 is 19.8 Å². The molecular formula is C22H23F3N4O3. The fourth-order valence-corrected chi connectivity index (χ4v) is 3.86. The van der Waals surface area contributed by atoms with E-state index in [1.807, 2.05) is 0 Å². The van der Waals surface area contributed by atoms with Gasteiger partial charge in [-0.15, -0.1) is 0 Å². The number of hydrogen-bond donors (Lipinski definition) is 1. The number of rotatable bonds is 4. The maximum absolute atomic E-state index is 13.2. The highest BCUT2D eigenvalue weighted by atomic mass is 19.4. The third-order valence-electron chi connectivity index (χ3n) is 5.47. The van der Waals surface area contributed by atoms with E-state index in [9.17, 15) is 18.0 Å². The van der Waals surface area contributed by atoms with Crippen molar-refractivity contribution in [2.24, 2.45) is 5.73 Å². The van der Waals surface area contributed by atoms with Gasteiger partial charge in [-0.1, -0.05) is 0 Å². The molecule has 1 aromatic carbocycles. The Kier molecular flexibility index (Phi) is 5.81. The third kappa shape index (κ3) is 4.02. The molecule has 2 aromatic heterocycles. The lowest BCUT2D eigenvalue weighted by atomic mass is 10.1. The summed E-state index contributed by atoms with van der Waals surface area (Å²) >= 11 is 0. The van der Waals surface area contributed by atoms with Crippen molar-refractivity contribution in [3.05, 3.63) is 41.4 Å². The highest BCUT2D eigenvalue weighted by Gasteiger charge is 2.33. The maximum Gasteiger partial charge on any atom is 0.433 e. The summed E-state index contributed by atoms with van der Waals surface area (Å²) in [6.45, 7) is 2.95. The molecule has 0 unspecified atom stereocenters. The fraction of sp³-hybridized carbons (Fsp3) is 0.409. The molecule has 0 radical (unpaired) electrons. The lowest BCUT2D eigenvalue weighted by Crippen LogP contribution is -2.36. The second kappa shape index (κ2) is 8.42. The summed E-state index contributed by atoms with van der Waals surface area (Å²) in [5, 5.41) is 0.354. The van der Waals surface area contributed by atoms with Crippen LogP contribution in [0.5, 0.6) is 5.75 Å². The highest BCUT2D eigenvalue weighted by Crippen LogP contribution is 2.37. The number of nitrogens with two attached hydrogens (primary N) is 1. The van der Waals surface area contributed by atoms with Crippen molar-refractivity contribution in [1.29, 1.82) is 0 Å². The van der Waals surface area contributed by atoms with Crippen LogP contribution in [0, 0.1) is 0 Å². The lowest BCUT2D eigenvalue weighted by molar-refractivity contribution is -0.140. The van der Waals surface area contributed by atoms with Gasteiger partial charge in [0, 0.05) is 24.0 Å². The Morgan fingerprint density at radius 1 is 1.16 bits per heavy atom. The van der Waals surface area contributed by atoms with Crippen LogP contribution in [-0.4, -0.2) is 41.0 Å². The monoisotopic (exact) mass is 448 g/mol. The number of carbonyl (C=O) groups is 1. The van der Waals surface area contributed by atoms with E-state index in [1.165, 1.54) is 19.2 Å². The number of methoxy groups -OCH3 is 1. The standard InChI is InChI=1S/C22H23F3N4O3/c1-12(26)19-18(21(30)29-10-4-3-5-11-29)28-20(32-19)14-6-8-15(31-2)17-13(14)7-9-16(27-17)22(23,24)25/h6-9,12H,3-5,10-11,26H2,1-2H3/t12-/m0/s1. The van der Waals surface area contributed by atoms with Crippen LogP contribution in [-0.2, 0) is 6.18 Å². The molecule has 1 fully saturated rings. The zero-order valence-electron chi connectivity index (χ0n) is 17.7. The highest BCUT2D eigenvalue weighted by molar-refractivity contribution is 5.98. The Morgan fingerprint density at radius 3 is 2.50 bits per heavy atom. The summed E-state index contributed by atoms with van der Waals surface area (Å²) in [4.78, 5) is 23.0. The predicted molar refractivity (Wildman–Crippen MR) is 111 cm³/mol. The van der Waals surface area contributed by atoms with E-state index in [4.69, 9.17) is 14.9 Å². The van der Waals surface area contributed by atoms with Crippen molar-refractivity contribution in [2.45, 2.75) is 38.4 Å². The van der Waals surface area contributed by atoms with Crippen LogP contribution in [0.2, 0.25) is 0 Å². The Bertz CT molecular complexity index is 1150. The molecule has 4 rings (SSSR count). The number of piperidine rings is 1. The van der Waals surface area contributed by atoms with Crippen molar-refractivity contribution in [2.75, 3.05) is 20.2 Å². The Hall–Kier alpha value is -3.14. The van der Waals surface area contributed by atoms with E-state index in [-0.39, 0.29) is 34.5 Å². The van der Waals surface area contributed by atoms with Crippen molar-refractivity contribution in [1.82, 2.24) is 14.9 Å². The zero-order valence-corrected chi connectivity index (χ0v) is 17.7. The van der Waals surface area contributed by atoms with Crippen LogP contribution in [0.15, 0.2) is 28.7 Å². The number of oxazole rings is 1. The van der Waals surface area contributed by atoms with Gasteiger partial charge in [-0.3, -0.25) is 4.79 Å². The zero-order chi connectivity index (χ0) is 23.0. The first kappa shape index (κ1) is 22.1. The van der Waals surface area contributed by atoms with Gasteiger partial charge in [0.05, 0.1) is 13.2 Å². The van der Waals surface area contributed by atoms with E-state index in [1.54, 1.807) is 17.9 Å². The van der Waals surface area contributed by atoms with Crippen LogP contribution < -0.4 is 10.5 Å². The number of hydrogen-bond acceptors (Lipinski definition) is 6. The minimum Gasteiger partial charge on any atom is -0.494 e. The molecule has 2 N–H and O–H groups in total. The molecule has 7 nitrogen and oxygen atoms in total. The quantitative estimate of drug-likeness (QED) is 0.629. The molecule has 3 heterocycles. The van der Waals surface area contributed by atoms with Gasteiger partial charge in [-0.25, -0.2) is 9.97 Å². The summed E-state index contributed by atoms with van der Waals surface area (Å²) in [6.07, 6.45) is -1.70. The van der Waals surface area contributed by atoms with Crippen LogP contribution in [0.1, 0.15) is 54.2 Å². The minimum absolute atomic E-state index is 0.0179. The summed E-state index contributed by atoms with van der Waals surface area (Å²) in [5.41, 5.74) is 5.53. The molecule has 32 heavy (non-hydrogen) atoms. The average molecular weight is 448 g/mol. The van der Waals surface area contributed by atoms with Gasteiger partial charge in [0.2, 0.25) is 5.89 Å². The van der Waals surface area contributed by atoms with Crippen LogP contribution in [0.4, 0.5) is 13.2 Å². The number of carbonyl (C=O) groups excluding carboxylic acids is 1. The lowest BCUT2D eigenvalue weighted by Gasteiger charge is -2.26. The number of nitrogens with zero attached hydrogens (tertiary/aromatic N) is 3. The molecule has 0 aliphatic carbocycles. The summed E-state index contributed by atoms with van der Waals surface area (Å²) in [7, 11) is 1.35. The third-order valence-corrected chi connectivity index (χ3v) is 5.47. The van der Waals surface area contributed by atoms with Gasteiger partial charge in [0.25, 0.3) is 5.91 Å². The van der Waals surface area contributed by atoms with E-state index in [2.05, 4.69) is 9.97 Å². The van der Waals surface area contributed by atoms with Crippen LogP contribution in [0.3, 0.4) is 0 Å². The van der Waals surface area contributed by atoms with Crippen molar-refractivity contribution >= 4 is 16.8 Å². The van der Waals surface area contributed by atoms with Crippen molar-refractivity contribution < 1.29 is 27.1 Å². The smallest absolute Gasteiger partial charge is 0.433 e. The van der Waals surface area contributed by atoms with E-state index < -0.39 is 17.9 Å². The molecular weight excluding hydrogens is 425 g/mol. The number of aromatic nitrogens is 2. The van der Waals surface area contributed by atoms with Crippen molar-refractivity contribution in [3.8, 4) is 17.2 Å². The number of pyridine rings is 1. The number of alkyl halides is 3. The summed E-state index contributed by atoms with van der Waals surface area (Å²) < 4.78 is 50.7. The second-order valence-corrected chi connectivity index (χ2v) is 7.78. The normalized spacial score (nSPS) is 15.8. The number of halogens is 3. The Balaban J connectivity index is 1.84. The molecule has 0 saturated carbocycles. The molecule has 170 valence electrons. The summed E-state index contributed by atoms with van der Waals surface area (Å²) in [5.74, 6) is 0.243. The molecule has 1 atom stereocenters. The number of fused-ring (bicyclic) bond motifs is 1. The molecule has 1 aliphatic rings. The first-order chi connectivity index (χ1) is 15.2. The molecule has 0 spiro atoms. The first-order valence-electron chi connectivity index (χ1n) is 10.3. The van der Waals surface area contributed by atoms with E-state index in [0.29, 0.717) is 24.0 Å². The van der Waals surface area contributed by atoms with Gasteiger partial charge in [-0.2, -0.15) is 13.2 Å². The number of benzene rings is 1. The fourth-order valence-electron chi connectivity index (χ4n) is 3.86.